The van der Waals surface area contributed by atoms with Gasteiger partial charge in [-0.3, -0.25) is 4.90 Å². The minimum atomic E-state index is -3.19. The lowest BCUT2D eigenvalue weighted by Gasteiger charge is -2.37. The van der Waals surface area contributed by atoms with Crippen LogP contribution in [0, 0.1) is 5.92 Å². The molecule has 1 unspecified atom stereocenters. The average molecular weight is 340 g/mol. The van der Waals surface area contributed by atoms with Crippen LogP contribution >= 0.6 is 0 Å². The third-order valence-electron chi connectivity index (χ3n) is 4.64. The Balaban J connectivity index is 2.15. The van der Waals surface area contributed by atoms with Crippen LogP contribution in [-0.4, -0.2) is 45.8 Å². The number of rotatable bonds is 7. The van der Waals surface area contributed by atoms with Crippen LogP contribution in [0.2, 0.25) is 0 Å². The van der Waals surface area contributed by atoms with Crippen LogP contribution in [0.3, 0.4) is 0 Å². The molecule has 6 heteroatoms. The molecule has 0 amide bonds. The predicted octanol–water partition coefficient (Wildman–Crippen LogP) is 2.41. The lowest BCUT2D eigenvalue weighted by molar-refractivity contribution is 0.139. The van der Waals surface area contributed by atoms with E-state index in [-0.39, 0.29) is 11.8 Å². The van der Waals surface area contributed by atoms with Gasteiger partial charge in [0, 0.05) is 12.6 Å². The van der Waals surface area contributed by atoms with Crippen molar-refractivity contribution >= 4 is 10.0 Å². The molecule has 1 aliphatic heterocycles. The van der Waals surface area contributed by atoms with Gasteiger partial charge in [-0.1, -0.05) is 19.1 Å². The summed E-state index contributed by atoms with van der Waals surface area (Å²) in [5.41, 5.74) is 1.12. The van der Waals surface area contributed by atoms with Crippen LogP contribution in [0.15, 0.2) is 24.3 Å². The number of piperidine rings is 1. The van der Waals surface area contributed by atoms with E-state index in [1.165, 1.54) is 0 Å². The SMILES string of the molecule is CCS(=O)(=O)NCC(c1ccc(OC)cc1)N1CCC(C)CC1. The van der Waals surface area contributed by atoms with E-state index in [0.717, 1.165) is 43.2 Å². The molecule has 1 heterocycles. The van der Waals surface area contributed by atoms with E-state index in [2.05, 4.69) is 16.5 Å². The minimum Gasteiger partial charge on any atom is -0.497 e. The smallest absolute Gasteiger partial charge is 0.211 e. The summed E-state index contributed by atoms with van der Waals surface area (Å²) in [7, 11) is -1.54. The first-order chi connectivity index (χ1) is 10.9. The second kappa shape index (κ2) is 8.13. The number of hydrogen-bond donors (Lipinski definition) is 1. The summed E-state index contributed by atoms with van der Waals surface area (Å²) in [6, 6.07) is 7.99. The van der Waals surface area contributed by atoms with Crippen LogP contribution in [0.25, 0.3) is 0 Å². The van der Waals surface area contributed by atoms with E-state index in [1.807, 2.05) is 24.3 Å². The lowest BCUT2D eigenvalue weighted by Crippen LogP contribution is -2.42. The summed E-state index contributed by atoms with van der Waals surface area (Å²) in [4.78, 5) is 2.39. The number of likely N-dealkylation sites (tertiary alicyclic amines) is 1. The van der Waals surface area contributed by atoms with Crippen LogP contribution in [0.4, 0.5) is 0 Å². The third-order valence-corrected chi connectivity index (χ3v) is 6.00. The van der Waals surface area contributed by atoms with Gasteiger partial charge in [0.2, 0.25) is 10.0 Å². The predicted molar refractivity (Wildman–Crippen MR) is 93.2 cm³/mol. The Hall–Kier alpha value is -1.11. The summed E-state index contributed by atoms with van der Waals surface area (Å²) in [5.74, 6) is 1.67. The van der Waals surface area contributed by atoms with Crippen LogP contribution in [0.5, 0.6) is 5.75 Å². The maximum absolute atomic E-state index is 11.8. The zero-order valence-corrected chi connectivity index (χ0v) is 15.1. The molecule has 0 bridgehead atoms. The second-order valence-electron chi connectivity index (χ2n) is 6.26. The number of benzene rings is 1. The molecular weight excluding hydrogens is 312 g/mol. The van der Waals surface area contributed by atoms with Gasteiger partial charge < -0.3 is 4.74 Å². The molecular formula is C17H28N2O3S. The molecule has 130 valence electrons. The second-order valence-corrected chi connectivity index (χ2v) is 8.35. The van der Waals surface area contributed by atoms with E-state index in [0.29, 0.717) is 6.54 Å². The highest BCUT2D eigenvalue weighted by Crippen LogP contribution is 2.27. The zero-order valence-electron chi connectivity index (χ0n) is 14.3. The summed E-state index contributed by atoms with van der Waals surface area (Å²) in [6.07, 6.45) is 2.32. The molecule has 23 heavy (non-hydrogen) atoms. The fraction of sp³-hybridized carbons (Fsp3) is 0.647. The maximum atomic E-state index is 11.8. The Morgan fingerprint density at radius 2 is 1.87 bits per heavy atom. The van der Waals surface area contributed by atoms with Gasteiger partial charge in [-0.05, 0) is 56.5 Å². The fourth-order valence-corrected chi connectivity index (χ4v) is 3.55. The molecule has 1 aromatic rings. The molecule has 1 N–H and O–H groups in total. The van der Waals surface area contributed by atoms with Crippen molar-refractivity contribution < 1.29 is 13.2 Å². The number of nitrogens with one attached hydrogen (secondary N) is 1. The number of ether oxygens (including phenoxy) is 1. The van der Waals surface area contributed by atoms with Gasteiger partial charge in [0.05, 0.1) is 12.9 Å². The van der Waals surface area contributed by atoms with Gasteiger partial charge in [0.15, 0.2) is 0 Å². The first kappa shape index (κ1) is 18.2. The minimum absolute atomic E-state index is 0.0646. The standard InChI is InChI=1S/C17H28N2O3S/c1-4-23(20,21)18-13-17(19-11-9-14(2)10-12-19)15-5-7-16(22-3)8-6-15/h5-8,14,17-18H,4,9-13H2,1-3H3. The van der Waals surface area contributed by atoms with Gasteiger partial charge >= 0.3 is 0 Å². The molecule has 0 spiro atoms. The van der Waals surface area contributed by atoms with Gasteiger partial charge in [0.25, 0.3) is 0 Å². The molecule has 0 aliphatic carbocycles. The fourth-order valence-electron chi connectivity index (χ4n) is 2.93. The van der Waals surface area contributed by atoms with Crippen molar-refractivity contribution in [1.82, 2.24) is 9.62 Å². The normalized spacial score (nSPS) is 18.7. The summed E-state index contributed by atoms with van der Waals surface area (Å²) in [6.45, 7) is 6.36. The quantitative estimate of drug-likeness (QED) is 0.828. The monoisotopic (exact) mass is 340 g/mol. The van der Waals surface area contributed by atoms with Gasteiger partial charge in [-0.2, -0.15) is 0 Å². The van der Waals surface area contributed by atoms with Crippen molar-refractivity contribution in [3.05, 3.63) is 29.8 Å². The summed E-state index contributed by atoms with van der Waals surface area (Å²) >= 11 is 0. The molecule has 1 atom stereocenters. The van der Waals surface area contributed by atoms with Crippen LogP contribution in [0.1, 0.15) is 38.3 Å². The number of hydrogen-bond acceptors (Lipinski definition) is 4. The van der Waals surface area contributed by atoms with Crippen molar-refractivity contribution in [2.24, 2.45) is 5.92 Å². The van der Waals surface area contributed by atoms with E-state index in [9.17, 15) is 8.42 Å². The summed E-state index contributed by atoms with van der Waals surface area (Å²) < 4.78 is 31.6. The first-order valence-electron chi connectivity index (χ1n) is 8.30. The molecule has 1 aromatic carbocycles. The molecule has 1 aliphatic rings. The van der Waals surface area contributed by atoms with Crippen molar-refractivity contribution in [2.45, 2.75) is 32.7 Å². The Bertz CT molecular complexity index is 578. The number of sulfonamides is 1. The largest absolute Gasteiger partial charge is 0.497 e. The topological polar surface area (TPSA) is 58.6 Å². The Labute approximate surface area is 140 Å². The van der Waals surface area contributed by atoms with E-state index in [4.69, 9.17) is 4.74 Å². The Morgan fingerprint density at radius 1 is 1.26 bits per heavy atom. The Morgan fingerprint density at radius 3 is 2.39 bits per heavy atom. The highest BCUT2D eigenvalue weighted by atomic mass is 32.2. The number of nitrogens with zero attached hydrogens (tertiary/aromatic N) is 1. The van der Waals surface area contributed by atoms with E-state index in [1.54, 1.807) is 14.0 Å². The highest BCUT2D eigenvalue weighted by molar-refractivity contribution is 7.89. The Kier molecular flexibility index (Phi) is 6.44. The molecule has 0 radical (unpaired) electrons. The maximum Gasteiger partial charge on any atom is 0.211 e. The lowest BCUT2D eigenvalue weighted by atomic mass is 9.96. The van der Waals surface area contributed by atoms with E-state index >= 15 is 0 Å². The highest BCUT2D eigenvalue weighted by Gasteiger charge is 2.25. The molecule has 5 nitrogen and oxygen atoms in total. The van der Waals surface area contributed by atoms with Crippen molar-refractivity contribution in [2.75, 3.05) is 32.5 Å². The average Bonchev–Trinajstić information content (AvgIpc) is 2.57. The van der Waals surface area contributed by atoms with Crippen LogP contribution < -0.4 is 9.46 Å². The zero-order chi connectivity index (χ0) is 16.9. The van der Waals surface area contributed by atoms with Gasteiger partial charge in [0.1, 0.15) is 5.75 Å². The molecule has 2 rings (SSSR count). The molecule has 1 saturated heterocycles. The summed E-state index contributed by atoms with van der Waals surface area (Å²) in [5, 5.41) is 0. The molecule has 0 aromatic heterocycles. The number of methoxy groups -OCH3 is 1. The molecule has 0 saturated carbocycles. The van der Waals surface area contributed by atoms with Gasteiger partial charge in [-0.25, -0.2) is 13.1 Å². The van der Waals surface area contributed by atoms with Crippen molar-refractivity contribution in [1.29, 1.82) is 0 Å². The first-order valence-corrected chi connectivity index (χ1v) is 9.95. The third kappa shape index (κ3) is 5.19. The van der Waals surface area contributed by atoms with Crippen molar-refractivity contribution in [3.63, 3.8) is 0 Å². The molecule has 1 fully saturated rings. The van der Waals surface area contributed by atoms with Gasteiger partial charge in [-0.15, -0.1) is 0 Å². The van der Waals surface area contributed by atoms with E-state index < -0.39 is 10.0 Å². The van der Waals surface area contributed by atoms with Crippen molar-refractivity contribution in [3.8, 4) is 5.75 Å². The van der Waals surface area contributed by atoms with Crippen LogP contribution in [-0.2, 0) is 10.0 Å².